The molecule has 2 fully saturated rings. The summed E-state index contributed by atoms with van der Waals surface area (Å²) >= 11 is 0. The fourth-order valence-electron chi connectivity index (χ4n) is 2.85. The molecule has 0 aliphatic carbocycles. The number of nitrogens with one attached hydrogen (secondary N) is 1. The SMILES string of the molecule is CC(C(=O)N1CCC(C(=O)O)C(C(=O)O)C1)C1CNC1. The average Bonchev–Trinajstić information content (AvgIpc) is 2.34. The first-order chi connectivity index (χ1) is 9.41. The van der Waals surface area contributed by atoms with E-state index in [2.05, 4.69) is 5.32 Å². The van der Waals surface area contributed by atoms with Crippen molar-refractivity contribution in [3.05, 3.63) is 0 Å². The molecule has 20 heavy (non-hydrogen) atoms. The molecule has 3 N–H and O–H groups in total. The molecular weight excluding hydrogens is 264 g/mol. The third kappa shape index (κ3) is 2.77. The molecule has 2 aliphatic rings. The van der Waals surface area contributed by atoms with Crippen molar-refractivity contribution in [1.29, 1.82) is 0 Å². The highest BCUT2D eigenvalue weighted by atomic mass is 16.4. The molecule has 0 saturated carbocycles. The molecule has 0 aromatic rings. The fraction of sp³-hybridized carbons (Fsp3) is 0.769. The maximum absolute atomic E-state index is 12.3. The van der Waals surface area contributed by atoms with Gasteiger partial charge in [0.15, 0.2) is 0 Å². The van der Waals surface area contributed by atoms with Gasteiger partial charge in [-0.1, -0.05) is 6.92 Å². The van der Waals surface area contributed by atoms with Crippen molar-refractivity contribution in [3.8, 4) is 0 Å². The van der Waals surface area contributed by atoms with E-state index in [0.29, 0.717) is 12.5 Å². The van der Waals surface area contributed by atoms with E-state index in [4.69, 9.17) is 10.2 Å². The van der Waals surface area contributed by atoms with E-state index in [0.717, 1.165) is 13.1 Å². The van der Waals surface area contributed by atoms with Crippen molar-refractivity contribution in [2.24, 2.45) is 23.7 Å². The summed E-state index contributed by atoms with van der Waals surface area (Å²) in [5.74, 6) is -4.08. The standard InChI is InChI=1S/C13H20N2O5/c1-7(8-4-14-5-8)11(16)15-3-2-9(12(17)18)10(6-15)13(19)20/h7-10,14H,2-6H2,1H3,(H,17,18)(H,19,20). The molecule has 2 heterocycles. The molecule has 2 saturated heterocycles. The molecule has 2 rings (SSSR count). The zero-order valence-corrected chi connectivity index (χ0v) is 11.4. The maximum atomic E-state index is 12.3. The van der Waals surface area contributed by atoms with Gasteiger partial charge in [0.1, 0.15) is 0 Å². The average molecular weight is 284 g/mol. The lowest BCUT2D eigenvalue weighted by Crippen LogP contribution is -2.54. The molecule has 7 heteroatoms. The maximum Gasteiger partial charge on any atom is 0.309 e. The van der Waals surface area contributed by atoms with E-state index in [1.165, 1.54) is 4.90 Å². The van der Waals surface area contributed by atoms with E-state index in [1.54, 1.807) is 0 Å². The summed E-state index contributed by atoms with van der Waals surface area (Å²) in [5, 5.41) is 21.3. The van der Waals surface area contributed by atoms with E-state index in [-0.39, 0.29) is 24.8 Å². The van der Waals surface area contributed by atoms with Crippen molar-refractivity contribution in [3.63, 3.8) is 0 Å². The number of carbonyl (C=O) groups excluding carboxylic acids is 1. The molecule has 1 amide bonds. The Kier molecular flexibility index (Phi) is 4.27. The van der Waals surface area contributed by atoms with Crippen molar-refractivity contribution in [2.75, 3.05) is 26.2 Å². The normalized spacial score (nSPS) is 28.6. The lowest BCUT2D eigenvalue weighted by atomic mass is 9.83. The molecule has 0 radical (unpaired) electrons. The van der Waals surface area contributed by atoms with Crippen molar-refractivity contribution in [1.82, 2.24) is 10.2 Å². The van der Waals surface area contributed by atoms with Crippen LogP contribution in [0.2, 0.25) is 0 Å². The van der Waals surface area contributed by atoms with Gasteiger partial charge in [-0.05, 0) is 25.4 Å². The second kappa shape index (κ2) is 5.78. The van der Waals surface area contributed by atoms with E-state index < -0.39 is 23.8 Å². The molecular formula is C13H20N2O5. The minimum Gasteiger partial charge on any atom is -0.481 e. The Morgan fingerprint density at radius 3 is 2.20 bits per heavy atom. The monoisotopic (exact) mass is 284 g/mol. The van der Waals surface area contributed by atoms with Crippen LogP contribution in [-0.4, -0.2) is 59.1 Å². The van der Waals surface area contributed by atoms with Crippen LogP contribution in [0.15, 0.2) is 0 Å². The van der Waals surface area contributed by atoms with Crippen LogP contribution in [0.5, 0.6) is 0 Å². The van der Waals surface area contributed by atoms with Crippen LogP contribution in [-0.2, 0) is 14.4 Å². The Bertz CT molecular complexity index is 421. The number of piperidine rings is 1. The zero-order chi connectivity index (χ0) is 14.9. The second-order valence-corrected chi connectivity index (χ2v) is 5.67. The molecule has 112 valence electrons. The topological polar surface area (TPSA) is 107 Å². The van der Waals surface area contributed by atoms with Crippen LogP contribution < -0.4 is 5.32 Å². The summed E-state index contributed by atoms with van der Waals surface area (Å²) < 4.78 is 0. The Labute approximate surface area is 116 Å². The number of amides is 1. The van der Waals surface area contributed by atoms with Crippen LogP contribution in [0.4, 0.5) is 0 Å². The highest BCUT2D eigenvalue weighted by molar-refractivity contribution is 5.83. The quantitative estimate of drug-likeness (QED) is 0.641. The number of carboxylic acid groups (broad SMARTS) is 2. The van der Waals surface area contributed by atoms with Crippen LogP contribution in [0.25, 0.3) is 0 Å². The van der Waals surface area contributed by atoms with Gasteiger partial charge in [-0.3, -0.25) is 14.4 Å². The van der Waals surface area contributed by atoms with Gasteiger partial charge in [-0.25, -0.2) is 0 Å². The summed E-state index contributed by atoms with van der Waals surface area (Å²) in [6.45, 7) is 3.79. The number of carbonyl (C=O) groups is 3. The van der Waals surface area contributed by atoms with Gasteiger partial charge in [-0.2, -0.15) is 0 Å². The van der Waals surface area contributed by atoms with Gasteiger partial charge < -0.3 is 20.4 Å². The molecule has 3 unspecified atom stereocenters. The summed E-state index contributed by atoms with van der Waals surface area (Å²) in [4.78, 5) is 36.1. The summed E-state index contributed by atoms with van der Waals surface area (Å²) in [6.07, 6.45) is 0.202. The van der Waals surface area contributed by atoms with Crippen LogP contribution >= 0.6 is 0 Å². The minimum absolute atomic E-state index is 0.00434. The fourth-order valence-corrected chi connectivity index (χ4v) is 2.85. The predicted molar refractivity (Wildman–Crippen MR) is 69.0 cm³/mol. The van der Waals surface area contributed by atoms with Gasteiger partial charge in [0.05, 0.1) is 11.8 Å². The van der Waals surface area contributed by atoms with Crippen LogP contribution in [0.3, 0.4) is 0 Å². The molecule has 7 nitrogen and oxygen atoms in total. The van der Waals surface area contributed by atoms with Gasteiger partial charge in [0, 0.05) is 19.0 Å². The molecule has 0 aromatic carbocycles. The van der Waals surface area contributed by atoms with E-state index >= 15 is 0 Å². The van der Waals surface area contributed by atoms with Crippen molar-refractivity contribution < 1.29 is 24.6 Å². The van der Waals surface area contributed by atoms with Crippen molar-refractivity contribution >= 4 is 17.8 Å². The summed E-state index contributed by atoms with van der Waals surface area (Å²) in [5.41, 5.74) is 0. The van der Waals surface area contributed by atoms with Crippen molar-refractivity contribution in [2.45, 2.75) is 13.3 Å². The first-order valence-corrected chi connectivity index (χ1v) is 6.87. The number of likely N-dealkylation sites (tertiary alicyclic amines) is 1. The first kappa shape index (κ1) is 14.8. The molecule has 2 aliphatic heterocycles. The minimum atomic E-state index is -1.15. The third-order valence-corrected chi connectivity index (χ3v) is 4.47. The highest BCUT2D eigenvalue weighted by Crippen LogP contribution is 2.27. The predicted octanol–water partition coefficient (Wildman–Crippen LogP) is -0.524. The number of aliphatic carboxylic acids is 2. The van der Waals surface area contributed by atoms with E-state index in [1.807, 2.05) is 6.92 Å². The smallest absolute Gasteiger partial charge is 0.309 e. The van der Waals surface area contributed by atoms with Gasteiger partial charge in [0.2, 0.25) is 5.91 Å². The Morgan fingerprint density at radius 1 is 1.15 bits per heavy atom. The Balaban J connectivity index is 2.02. The van der Waals surface area contributed by atoms with E-state index in [9.17, 15) is 14.4 Å². The third-order valence-electron chi connectivity index (χ3n) is 4.47. The number of rotatable bonds is 4. The van der Waals surface area contributed by atoms with Crippen LogP contribution in [0, 0.1) is 23.7 Å². The molecule has 0 spiro atoms. The Morgan fingerprint density at radius 2 is 1.75 bits per heavy atom. The largest absolute Gasteiger partial charge is 0.481 e. The highest BCUT2D eigenvalue weighted by Gasteiger charge is 2.41. The Hall–Kier alpha value is -1.63. The zero-order valence-electron chi connectivity index (χ0n) is 11.4. The number of nitrogens with zero attached hydrogens (tertiary/aromatic N) is 1. The van der Waals surface area contributed by atoms with Gasteiger partial charge in [0.25, 0.3) is 0 Å². The number of hydrogen-bond donors (Lipinski definition) is 3. The summed E-state index contributed by atoms with van der Waals surface area (Å²) in [6, 6.07) is 0. The second-order valence-electron chi connectivity index (χ2n) is 5.67. The number of hydrogen-bond acceptors (Lipinski definition) is 4. The molecule has 0 bridgehead atoms. The lowest BCUT2D eigenvalue weighted by molar-refractivity contribution is -0.160. The molecule has 0 aromatic heterocycles. The van der Waals surface area contributed by atoms with Crippen LogP contribution in [0.1, 0.15) is 13.3 Å². The number of carboxylic acids is 2. The van der Waals surface area contributed by atoms with Gasteiger partial charge >= 0.3 is 11.9 Å². The first-order valence-electron chi connectivity index (χ1n) is 6.87. The van der Waals surface area contributed by atoms with Gasteiger partial charge in [-0.15, -0.1) is 0 Å². The lowest BCUT2D eigenvalue weighted by Gasteiger charge is -2.39. The summed E-state index contributed by atoms with van der Waals surface area (Å²) in [7, 11) is 0. The molecule has 3 atom stereocenters.